The maximum atomic E-state index is 12.5. The second-order valence-electron chi connectivity index (χ2n) is 7.01. The highest BCUT2D eigenvalue weighted by atomic mass is 16.5. The van der Waals surface area contributed by atoms with Gasteiger partial charge in [-0.2, -0.15) is 4.98 Å². The molecule has 0 aliphatic carbocycles. The van der Waals surface area contributed by atoms with Crippen LogP contribution < -0.4 is 15.4 Å². The van der Waals surface area contributed by atoms with Crippen molar-refractivity contribution >= 4 is 28.8 Å². The number of nitrogens with one attached hydrogen (secondary N) is 2. The van der Waals surface area contributed by atoms with Gasteiger partial charge in [-0.3, -0.25) is 14.6 Å². The highest BCUT2D eigenvalue weighted by molar-refractivity contribution is 5.92. The van der Waals surface area contributed by atoms with E-state index in [0.29, 0.717) is 29.0 Å². The van der Waals surface area contributed by atoms with Crippen LogP contribution >= 0.6 is 0 Å². The molecule has 8 heteroatoms. The number of nitrogens with zero attached hydrogens (tertiary/aromatic N) is 2. The summed E-state index contributed by atoms with van der Waals surface area (Å²) in [5, 5.41) is 5.64. The van der Waals surface area contributed by atoms with Crippen LogP contribution in [-0.2, 0) is 4.79 Å². The Kier molecular flexibility index (Phi) is 6.12. The number of rotatable bonds is 8. The lowest BCUT2D eigenvalue weighted by Crippen LogP contribution is -2.20. The molecule has 32 heavy (non-hydrogen) atoms. The number of aromatic nitrogens is 2. The third-order valence-corrected chi connectivity index (χ3v) is 4.86. The summed E-state index contributed by atoms with van der Waals surface area (Å²) in [5.41, 5.74) is 2.22. The van der Waals surface area contributed by atoms with Crippen LogP contribution in [0.4, 0.5) is 6.01 Å². The van der Waals surface area contributed by atoms with E-state index in [0.717, 1.165) is 5.56 Å². The fourth-order valence-electron chi connectivity index (χ4n) is 3.22. The SMILES string of the molecule is CCC(=O)[C@H](Nc1nc2ccc(Oc3ccnc(C(=O)NC)c3)cc2o1)c1ccccc1. The average molecular weight is 430 g/mol. The van der Waals surface area contributed by atoms with E-state index < -0.39 is 6.04 Å². The molecule has 2 N–H and O–H groups in total. The Balaban J connectivity index is 1.56. The number of ketones is 1. The fourth-order valence-corrected chi connectivity index (χ4v) is 3.22. The van der Waals surface area contributed by atoms with Gasteiger partial charge in [-0.15, -0.1) is 0 Å². The second-order valence-corrected chi connectivity index (χ2v) is 7.01. The molecule has 1 atom stereocenters. The number of hydrogen-bond donors (Lipinski definition) is 2. The number of hydrogen-bond acceptors (Lipinski definition) is 7. The van der Waals surface area contributed by atoms with Gasteiger partial charge in [-0.05, 0) is 23.8 Å². The largest absolute Gasteiger partial charge is 0.457 e. The first-order valence-electron chi connectivity index (χ1n) is 10.2. The predicted molar refractivity (Wildman–Crippen MR) is 120 cm³/mol. The van der Waals surface area contributed by atoms with Gasteiger partial charge in [0.25, 0.3) is 11.9 Å². The number of amides is 1. The van der Waals surface area contributed by atoms with E-state index >= 15 is 0 Å². The normalized spacial score (nSPS) is 11.7. The Hall–Kier alpha value is -4.20. The summed E-state index contributed by atoms with van der Waals surface area (Å²) in [6.45, 7) is 1.82. The minimum Gasteiger partial charge on any atom is -0.457 e. The molecular weight excluding hydrogens is 408 g/mol. The number of carbonyl (C=O) groups is 2. The fraction of sp³-hybridized carbons (Fsp3) is 0.167. The summed E-state index contributed by atoms with van der Waals surface area (Å²) in [5.74, 6) is 0.713. The summed E-state index contributed by atoms with van der Waals surface area (Å²) in [7, 11) is 1.54. The van der Waals surface area contributed by atoms with Gasteiger partial charge < -0.3 is 19.8 Å². The van der Waals surface area contributed by atoms with E-state index in [1.165, 1.54) is 13.2 Å². The van der Waals surface area contributed by atoms with Crippen LogP contribution in [0.5, 0.6) is 11.5 Å². The van der Waals surface area contributed by atoms with Gasteiger partial charge in [0.1, 0.15) is 28.8 Å². The molecule has 0 saturated carbocycles. The molecule has 4 aromatic rings. The van der Waals surface area contributed by atoms with Crippen molar-refractivity contribution in [3.8, 4) is 11.5 Å². The molecule has 2 aromatic carbocycles. The molecule has 162 valence electrons. The number of ether oxygens (including phenoxy) is 1. The maximum Gasteiger partial charge on any atom is 0.296 e. The number of benzene rings is 2. The lowest BCUT2D eigenvalue weighted by atomic mass is 10.0. The molecule has 4 rings (SSSR count). The van der Waals surface area contributed by atoms with Crippen LogP contribution in [0.3, 0.4) is 0 Å². The summed E-state index contributed by atoms with van der Waals surface area (Å²) in [4.78, 5) is 32.7. The number of carbonyl (C=O) groups excluding carboxylic acids is 2. The Bertz CT molecular complexity index is 1250. The van der Waals surface area contributed by atoms with Crippen molar-refractivity contribution in [1.82, 2.24) is 15.3 Å². The van der Waals surface area contributed by atoms with E-state index in [1.807, 2.05) is 37.3 Å². The molecule has 0 saturated heterocycles. The number of pyridine rings is 1. The van der Waals surface area contributed by atoms with Crippen LogP contribution in [-0.4, -0.2) is 28.7 Å². The first kappa shape index (κ1) is 21.0. The Labute approximate surface area is 184 Å². The Morgan fingerprint density at radius 3 is 2.59 bits per heavy atom. The average Bonchev–Trinajstić information content (AvgIpc) is 3.24. The van der Waals surface area contributed by atoms with Crippen LogP contribution in [0, 0.1) is 0 Å². The summed E-state index contributed by atoms with van der Waals surface area (Å²) >= 11 is 0. The Morgan fingerprint density at radius 2 is 1.84 bits per heavy atom. The topological polar surface area (TPSA) is 106 Å². The summed E-state index contributed by atoms with van der Waals surface area (Å²) in [6.07, 6.45) is 1.89. The predicted octanol–water partition coefficient (Wildman–Crippen LogP) is 4.51. The minimum atomic E-state index is -0.551. The van der Waals surface area contributed by atoms with Crippen molar-refractivity contribution in [1.29, 1.82) is 0 Å². The van der Waals surface area contributed by atoms with Crippen molar-refractivity contribution in [2.24, 2.45) is 0 Å². The molecule has 0 bridgehead atoms. The van der Waals surface area contributed by atoms with E-state index in [4.69, 9.17) is 9.15 Å². The van der Waals surface area contributed by atoms with Crippen molar-refractivity contribution in [2.45, 2.75) is 19.4 Å². The van der Waals surface area contributed by atoms with Gasteiger partial charge in [0.15, 0.2) is 11.4 Å². The lowest BCUT2D eigenvalue weighted by molar-refractivity contribution is -0.119. The van der Waals surface area contributed by atoms with Gasteiger partial charge in [0, 0.05) is 31.8 Å². The third kappa shape index (κ3) is 4.59. The second kappa shape index (κ2) is 9.30. The minimum absolute atomic E-state index is 0.0343. The quantitative estimate of drug-likeness (QED) is 0.424. The van der Waals surface area contributed by atoms with Crippen molar-refractivity contribution in [3.63, 3.8) is 0 Å². The summed E-state index contributed by atoms with van der Waals surface area (Å²) in [6, 6.07) is 17.6. The van der Waals surface area contributed by atoms with E-state index in [2.05, 4.69) is 20.6 Å². The van der Waals surface area contributed by atoms with Crippen LogP contribution in [0.2, 0.25) is 0 Å². The zero-order valence-electron chi connectivity index (χ0n) is 17.7. The molecule has 0 aliphatic heterocycles. The van der Waals surface area contributed by atoms with Crippen LogP contribution in [0.15, 0.2) is 71.3 Å². The summed E-state index contributed by atoms with van der Waals surface area (Å²) < 4.78 is 11.7. The molecule has 2 aromatic heterocycles. The van der Waals surface area contributed by atoms with Crippen LogP contribution in [0.1, 0.15) is 35.4 Å². The van der Waals surface area contributed by atoms with Gasteiger partial charge in [-0.25, -0.2) is 0 Å². The third-order valence-electron chi connectivity index (χ3n) is 4.86. The highest BCUT2D eigenvalue weighted by Crippen LogP contribution is 2.29. The van der Waals surface area contributed by atoms with Crippen LogP contribution in [0.25, 0.3) is 11.1 Å². The molecule has 0 fully saturated rings. The molecule has 0 spiro atoms. The van der Waals surface area contributed by atoms with E-state index in [-0.39, 0.29) is 23.4 Å². The van der Waals surface area contributed by atoms with Crippen molar-refractivity contribution < 1.29 is 18.7 Å². The number of fused-ring (bicyclic) bond motifs is 1. The molecule has 2 heterocycles. The molecular formula is C24H22N4O4. The number of oxazole rings is 1. The molecule has 0 aliphatic rings. The zero-order chi connectivity index (χ0) is 22.5. The van der Waals surface area contributed by atoms with Crippen molar-refractivity contribution in [3.05, 3.63) is 78.1 Å². The molecule has 1 amide bonds. The number of Topliss-reactive ketones (excluding diaryl/α,β-unsaturated/α-hetero) is 1. The highest BCUT2D eigenvalue weighted by Gasteiger charge is 2.21. The smallest absolute Gasteiger partial charge is 0.296 e. The van der Waals surface area contributed by atoms with E-state index in [1.54, 1.807) is 30.3 Å². The zero-order valence-corrected chi connectivity index (χ0v) is 17.7. The Morgan fingerprint density at radius 1 is 1.06 bits per heavy atom. The lowest BCUT2D eigenvalue weighted by Gasteiger charge is -2.15. The first-order chi connectivity index (χ1) is 15.6. The van der Waals surface area contributed by atoms with Gasteiger partial charge >= 0.3 is 0 Å². The van der Waals surface area contributed by atoms with Crippen molar-refractivity contribution in [2.75, 3.05) is 12.4 Å². The number of anilines is 1. The maximum absolute atomic E-state index is 12.5. The van der Waals surface area contributed by atoms with E-state index in [9.17, 15) is 9.59 Å². The monoisotopic (exact) mass is 430 g/mol. The first-order valence-corrected chi connectivity index (χ1v) is 10.2. The van der Waals surface area contributed by atoms with Gasteiger partial charge in [-0.1, -0.05) is 37.3 Å². The molecule has 0 unspecified atom stereocenters. The standard InChI is InChI=1S/C24H22N4O4/c1-3-20(29)22(15-7-5-4-6-8-15)28-24-27-18-10-9-16(14-21(18)32-24)31-17-11-12-26-19(13-17)23(30)25-2/h4-14,22H,3H2,1-2H3,(H,25,30)(H,27,28)/t22-/m1/s1. The molecule has 0 radical (unpaired) electrons. The molecule has 8 nitrogen and oxygen atoms in total. The van der Waals surface area contributed by atoms with Gasteiger partial charge in [0.05, 0.1) is 0 Å². The van der Waals surface area contributed by atoms with Gasteiger partial charge in [0.2, 0.25) is 0 Å².